The fraction of sp³-hybridized carbons (Fsp3) is 0.412. The quantitative estimate of drug-likeness (QED) is 0.680. The first-order valence-electron chi connectivity index (χ1n) is 7.70. The van der Waals surface area contributed by atoms with Crippen molar-refractivity contribution in [3.63, 3.8) is 0 Å². The number of pyridine rings is 2. The number of aryl methyl sites for hydroxylation is 2. The molecule has 0 aliphatic rings. The lowest BCUT2D eigenvalue weighted by molar-refractivity contribution is 0.558. The van der Waals surface area contributed by atoms with E-state index in [0.29, 0.717) is 31.9 Å². The zero-order valence-electron chi connectivity index (χ0n) is 13.8. The average Bonchev–Trinajstić information content (AvgIpc) is 2.53. The van der Waals surface area contributed by atoms with E-state index in [1.54, 1.807) is 19.2 Å². The number of aromatic amines is 1. The summed E-state index contributed by atoms with van der Waals surface area (Å²) >= 11 is 0. The minimum absolute atomic E-state index is 0.0830. The van der Waals surface area contributed by atoms with Crippen molar-refractivity contribution in [3.8, 4) is 0 Å². The number of nitrogens with one attached hydrogen (secondary N) is 3. The molecule has 0 spiro atoms. The highest BCUT2D eigenvalue weighted by atomic mass is 19.1. The lowest BCUT2D eigenvalue weighted by atomic mass is 10.1. The Bertz CT molecular complexity index is 727. The molecule has 3 N–H and O–H groups in total. The summed E-state index contributed by atoms with van der Waals surface area (Å²) in [6.07, 6.45) is 1.73. The molecular weight excluding hydrogens is 295 g/mol. The number of rotatable bonds is 7. The Morgan fingerprint density at radius 2 is 1.83 bits per heavy atom. The Morgan fingerprint density at radius 1 is 1.13 bits per heavy atom. The number of aromatic nitrogens is 2. The molecule has 2 heterocycles. The van der Waals surface area contributed by atoms with E-state index >= 15 is 0 Å². The van der Waals surface area contributed by atoms with E-state index in [1.807, 2.05) is 13.8 Å². The molecule has 0 amide bonds. The molecule has 0 saturated heterocycles. The van der Waals surface area contributed by atoms with E-state index in [0.717, 1.165) is 22.5 Å². The summed E-state index contributed by atoms with van der Waals surface area (Å²) in [6, 6.07) is 3.10. The first-order valence-corrected chi connectivity index (χ1v) is 7.70. The molecule has 0 fully saturated rings. The molecule has 5 nitrogen and oxygen atoms in total. The third-order valence-electron chi connectivity index (χ3n) is 3.74. The van der Waals surface area contributed by atoms with Crippen molar-refractivity contribution in [2.75, 3.05) is 13.1 Å². The first-order chi connectivity index (χ1) is 11.0. The predicted molar refractivity (Wildman–Crippen MR) is 88.9 cm³/mol. The number of nitrogens with zero attached hydrogens (tertiary/aromatic N) is 1. The maximum absolute atomic E-state index is 13.5. The highest BCUT2D eigenvalue weighted by Gasteiger charge is 2.05. The van der Waals surface area contributed by atoms with Crippen LogP contribution in [0.15, 0.2) is 23.1 Å². The summed E-state index contributed by atoms with van der Waals surface area (Å²) in [5, 5.41) is 6.41. The van der Waals surface area contributed by atoms with E-state index in [4.69, 9.17) is 0 Å². The fourth-order valence-corrected chi connectivity index (χ4v) is 2.30. The van der Waals surface area contributed by atoms with Gasteiger partial charge in [-0.25, -0.2) is 4.39 Å². The maximum atomic E-state index is 13.5. The van der Waals surface area contributed by atoms with Crippen molar-refractivity contribution >= 4 is 0 Å². The van der Waals surface area contributed by atoms with Gasteiger partial charge in [-0.3, -0.25) is 9.78 Å². The van der Waals surface area contributed by atoms with Gasteiger partial charge in [0, 0.05) is 54.9 Å². The van der Waals surface area contributed by atoms with Crippen LogP contribution in [0.1, 0.15) is 28.2 Å². The van der Waals surface area contributed by atoms with Crippen molar-refractivity contribution < 1.29 is 4.39 Å². The largest absolute Gasteiger partial charge is 0.363 e. The van der Waals surface area contributed by atoms with Crippen molar-refractivity contribution in [2.24, 2.45) is 0 Å². The third kappa shape index (κ3) is 4.71. The molecule has 0 unspecified atom stereocenters. The monoisotopic (exact) mass is 318 g/mol. The minimum atomic E-state index is -0.288. The van der Waals surface area contributed by atoms with Crippen LogP contribution in [0.25, 0.3) is 0 Å². The number of hydrogen-bond acceptors (Lipinski definition) is 4. The predicted octanol–water partition coefficient (Wildman–Crippen LogP) is 1.71. The summed E-state index contributed by atoms with van der Waals surface area (Å²) in [5.74, 6) is -0.288. The molecule has 0 atom stereocenters. The van der Waals surface area contributed by atoms with Gasteiger partial charge in [-0.15, -0.1) is 0 Å². The van der Waals surface area contributed by atoms with Crippen LogP contribution in [0.5, 0.6) is 0 Å². The molecule has 6 heteroatoms. The second-order valence-corrected chi connectivity index (χ2v) is 5.64. The van der Waals surface area contributed by atoms with E-state index in [9.17, 15) is 9.18 Å². The fourth-order valence-electron chi connectivity index (χ4n) is 2.30. The second kappa shape index (κ2) is 7.99. The van der Waals surface area contributed by atoms with Crippen molar-refractivity contribution in [1.82, 2.24) is 20.6 Å². The summed E-state index contributed by atoms with van der Waals surface area (Å²) in [7, 11) is 0. The van der Waals surface area contributed by atoms with Gasteiger partial charge >= 0.3 is 0 Å². The van der Waals surface area contributed by atoms with Crippen LogP contribution in [0, 0.1) is 26.6 Å². The average molecular weight is 318 g/mol. The van der Waals surface area contributed by atoms with Crippen LogP contribution in [0.4, 0.5) is 4.39 Å². The van der Waals surface area contributed by atoms with Gasteiger partial charge in [0.2, 0.25) is 0 Å². The van der Waals surface area contributed by atoms with Crippen molar-refractivity contribution in [3.05, 3.63) is 62.6 Å². The lowest BCUT2D eigenvalue weighted by Gasteiger charge is -2.09. The van der Waals surface area contributed by atoms with Gasteiger partial charge in [0.15, 0.2) is 5.43 Å². The van der Waals surface area contributed by atoms with Crippen molar-refractivity contribution in [2.45, 2.75) is 33.9 Å². The summed E-state index contributed by atoms with van der Waals surface area (Å²) < 4.78 is 13.5. The number of halogens is 1. The van der Waals surface area contributed by atoms with Gasteiger partial charge in [0.1, 0.15) is 5.82 Å². The van der Waals surface area contributed by atoms with Crippen molar-refractivity contribution in [1.29, 1.82) is 0 Å². The smallest absolute Gasteiger partial charge is 0.187 e. The van der Waals surface area contributed by atoms with Gasteiger partial charge < -0.3 is 15.6 Å². The molecular formula is C17H23FN4O. The molecule has 0 saturated carbocycles. The summed E-state index contributed by atoms with van der Waals surface area (Å²) in [4.78, 5) is 19.1. The van der Waals surface area contributed by atoms with Gasteiger partial charge in [0.05, 0.1) is 5.69 Å². The Hall–Kier alpha value is -2.05. The van der Waals surface area contributed by atoms with Crippen LogP contribution in [-0.2, 0) is 13.1 Å². The van der Waals surface area contributed by atoms with Gasteiger partial charge in [-0.2, -0.15) is 0 Å². The summed E-state index contributed by atoms with van der Waals surface area (Å²) in [5.41, 5.74) is 3.69. The van der Waals surface area contributed by atoms with Gasteiger partial charge in [-0.1, -0.05) is 0 Å². The minimum Gasteiger partial charge on any atom is -0.363 e. The van der Waals surface area contributed by atoms with E-state index in [2.05, 4.69) is 20.6 Å². The Kier molecular flexibility index (Phi) is 6.01. The highest BCUT2D eigenvalue weighted by molar-refractivity contribution is 5.23. The van der Waals surface area contributed by atoms with Crippen LogP contribution < -0.4 is 16.1 Å². The van der Waals surface area contributed by atoms with E-state index in [1.165, 1.54) is 6.07 Å². The SMILES string of the molecule is Cc1ccc(F)c(CNCCNCc2[nH]cc(C)c(=O)c2C)n1. The normalized spacial score (nSPS) is 11.0. The molecule has 0 aliphatic carbocycles. The number of H-pyrrole nitrogens is 1. The first kappa shape index (κ1) is 17.3. The van der Waals surface area contributed by atoms with Crippen LogP contribution >= 0.6 is 0 Å². The molecule has 124 valence electrons. The van der Waals surface area contributed by atoms with Gasteiger partial charge in [0.25, 0.3) is 0 Å². The van der Waals surface area contributed by atoms with Crippen LogP contribution in [0.3, 0.4) is 0 Å². The Labute approximate surface area is 135 Å². The second-order valence-electron chi connectivity index (χ2n) is 5.64. The van der Waals surface area contributed by atoms with Crippen LogP contribution in [-0.4, -0.2) is 23.1 Å². The van der Waals surface area contributed by atoms with Crippen LogP contribution in [0.2, 0.25) is 0 Å². The summed E-state index contributed by atoms with van der Waals surface area (Å²) in [6.45, 7) is 7.86. The zero-order valence-corrected chi connectivity index (χ0v) is 13.8. The van der Waals surface area contributed by atoms with E-state index < -0.39 is 0 Å². The number of hydrogen-bond donors (Lipinski definition) is 3. The standard InChI is InChI=1S/C17H23FN4O/c1-11-8-21-15(13(3)17(11)23)9-19-6-7-20-10-16-14(18)5-4-12(2)22-16/h4-5,8,19-20H,6-7,9-10H2,1-3H3,(H,21,23). The van der Waals surface area contributed by atoms with E-state index in [-0.39, 0.29) is 11.2 Å². The molecule has 0 radical (unpaired) electrons. The molecule has 2 aromatic heterocycles. The molecule has 2 aromatic rings. The molecule has 23 heavy (non-hydrogen) atoms. The zero-order chi connectivity index (χ0) is 16.8. The lowest BCUT2D eigenvalue weighted by Crippen LogP contribution is -2.28. The molecule has 2 rings (SSSR count). The third-order valence-corrected chi connectivity index (χ3v) is 3.74. The molecule has 0 aliphatic heterocycles. The molecule has 0 aromatic carbocycles. The Morgan fingerprint density at radius 3 is 2.57 bits per heavy atom. The maximum Gasteiger partial charge on any atom is 0.187 e. The topological polar surface area (TPSA) is 69.8 Å². The van der Waals surface area contributed by atoms with Gasteiger partial charge in [-0.05, 0) is 32.9 Å². The molecule has 0 bridgehead atoms. The highest BCUT2D eigenvalue weighted by Crippen LogP contribution is 2.04. The Balaban J connectivity index is 1.73.